The Morgan fingerprint density at radius 1 is 0.825 bits per heavy atom. The van der Waals surface area contributed by atoms with Gasteiger partial charge in [-0.05, 0) is 35.7 Å². The molecule has 3 rings (SSSR count). The molecule has 0 bridgehead atoms. The Morgan fingerprint density at radius 2 is 1.40 bits per heavy atom. The lowest BCUT2D eigenvalue weighted by Crippen LogP contribution is -2.57. The number of hydrogen-bond acceptors (Lipinski definition) is 8. The van der Waals surface area contributed by atoms with Gasteiger partial charge < -0.3 is 10.4 Å². The minimum Gasteiger partial charge on any atom is -0.505 e. The highest BCUT2D eigenvalue weighted by Gasteiger charge is 2.76. The fourth-order valence-corrected chi connectivity index (χ4v) is 4.32. The van der Waals surface area contributed by atoms with Crippen molar-refractivity contribution in [2.75, 3.05) is 5.32 Å². The van der Waals surface area contributed by atoms with E-state index in [1.807, 2.05) is 0 Å². The van der Waals surface area contributed by atoms with Gasteiger partial charge in [-0.3, -0.25) is 13.9 Å². The summed E-state index contributed by atoms with van der Waals surface area (Å²) < 4.78 is 158. The number of rotatable bonds is 7. The molecule has 0 unspecified atom stereocenters. The van der Waals surface area contributed by atoms with Crippen LogP contribution in [0.2, 0.25) is 0 Å². The van der Waals surface area contributed by atoms with E-state index in [1.54, 1.807) is 0 Å². The molecule has 3 aromatic rings. The number of phenols is 1. The number of amides is 1. The van der Waals surface area contributed by atoms with E-state index >= 15 is 0 Å². The van der Waals surface area contributed by atoms with Gasteiger partial charge in [-0.2, -0.15) is 52.7 Å². The van der Waals surface area contributed by atoms with Crippen molar-refractivity contribution in [1.29, 1.82) is 0 Å². The Morgan fingerprint density at radius 3 is 1.90 bits per heavy atom. The molecule has 11 nitrogen and oxygen atoms in total. The number of benzene rings is 3. The predicted molar refractivity (Wildman–Crippen MR) is 120 cm³/mol. The zero-order valence-electron chi connectivity index (χ0n) is 18.9. The zero-order valence-corrected chi connectivity index (χ0v) is 20.5. The first-order chi connectivity index (χ1) is 18.1. The van der Waals surface area contributed by atoms with Crippen LogP contribution >= 0.6 is 0 Å². The Balaban J connectivity index is 2.36. The number of nitrogens with one attached hydrogen (secondary N) is 1. The molecule has 0 aliphatic carbocycles. The summed E-state index contributed by atoms with van der Waals surface area (Å²) in [4.78, 5) is 9.34. The summed E-state index contributed by atoms with van der Waals surface area (Å²) in [6.45, 7) is 0. The van der Waals surface area contributed by atoms with Gasteiger partial charge >= 0.3 is 23.9 Å². The average molecular weight is 619 g/mol. The van der Waals surface area contributed by atoms with Crippen molar-refractivity contribution in [3.8, 4) is 5.75 Å². The number of alkyl halides is 7. The largest absolute Gasteiger partial charge is 0.505 e. The number of nitrogens with zero attached hydrogens (tertiary/aromatic N) is 2. The third kappa shape index (κ3) is 5.69. The van der Waals surface area contributed by atoms with Crippen LogP contribution in [-0.2, 0) is 25.0 Å². The van der Waals surface area contributed by atoms with Crippen molar-refractivity contribution in [3.63, 3.8) is 0 Å². The number of fused-ring (bicyclic) bond motifs is 1. The Kier molecular flexibility index (Phi) is 7.62. The van der Waals surface area contributed by atoms with Crippen LogP contribution in [0, 0.1) is 0 Å². The molecule has 0 radical (unpaired) electrons. The molecule has 0 saturated heterocycles. The minimum absolute atomic E-state index is 0.0209. The smallest absolute Gasteiger partial charge is 0.460 e. The van der Waals surface area contributed by atoms with Crippen LogP contribution in [0.1, 0.15) is 0 Å². The normalized spacial score (nSPS) is 13.6. The van der Waals surface area contributed by atoms with Crippen LogP contribution in [0.3, 0.4) is 0 Å². The van der Waals surface area contributed by atoms with Gasteiger partial charge in [0.15, 0.2) is 5.75 Å². The van der Waals surface area contributed by atoms with Crippen LogP contribution in [-0.4, -0.2) is 55.0 Å². The molecule has 20 heteroatoms. The summed E-state index contributed by atoms with van der Waals surface area (Å²) in [6.07, 6.45) is -6.93. The van der Waals surface area contributed by atoms with Gasteiger partial charge in [-0.25, -0.2) is 0 Å². The second-order valence-electron chi connectivity index (χ2n) is 7.73. The molecule has 4 N–H and O–H groups in total. The molecular weight excluding hydrogens is 607 g/mol. The van der Waals surface area contributed by atoms with Crippen molar-refractivity contribution in [3.05, 3.63) is 48.5 Å². The Labute approximate surface area is 218 Å². The summed E-state index contributed by atoms with van der Waals surface area (Å²) >= 11 is 0. The van der Waals surface area contributed by atoms with Crippen LogP contribution in [0.5, 0.6) is 5.75 Å². The van der Waals surface area contributed by atoms with Gasteiger partial charge in [0.25, 0.3) is 20.2 Å². The van der Waals surface area contributed by atoms with E-state index in [0.29, 0.717) is 12.1 Å². The van der Waals surface area contributed by atoms with E-state index in [9.17, 15) is 66.6 Å². The minimum atomic E-state index is -6.93. The maximum absolute atomic E-state index is 14.0. The highest BCUT2D eigenvalue weighted by molar-refractivity contribution is 7.86. The van der Waals surface area contributed by atoms with Gasteiger partial charge in [0.05, 0.1) is 16.3 Å². The monoisotopic (exact) mass is 619 g/mol. The van der Waals surface area contributed by atoms with E-state index in [0.717, 1.165) is 5.32 Å². The van der Waals surface area contributed by atoms with Gasteiger partial charge in [-0.1, -0.05) is 18.2 Å². The van der Waals surface area contributed by atoms with E-state index in [2.05, 4.69) is 10.2 Å². The number of aromatic hydroxyl groups is 1. The molecular formula is C20H12F7N3O8S2. The molecule has 0 fully saturated rings. The lowest BCUT2D eigenvalue weighted by Gasteiger charge is -2.27. The maximum Gasteiger partial charge on any atom is 0.460 e. The molecule has 3 aromatic carbocycles. The lowest BCUT2D eigenvalue weighted by atomic mass is 10.1. The summed E-state index contributed by atoms with van der Waals surface area (Å²) in [5.41, 5.74) is -2.54. The maximum atomic E-state index is 14.0. The molecule has 0 aliphatic heterocycles. The summed E-state index contributed by atoms with van der Waals surface area (Å²) in [5.74, 6) is -18.2. The third-order valence-electron chi connectivity index (χ3n) is 5.00. The second-order valence-corrected chi connectivity index (χ2v) is 10.5. The van der Waals surface area contributed by atoms with Gasteiger partial charge in [0.2, 0.25) is 0 Å². The summed E-state index contributed by atoms with van der Waals surface area (Å²) in [7, 11) is -10.7. The van der Waals surface area contributed by atoms with E-state index in [4.69, 9.17) is 0 Å². The average Bonchev–Trinajstić information content (AvgIpc) is 2.81. The number of halogens is 7. The van der Waals surface area contributed by atoms with Crippen LogP contribution < -0.4 is 5.32 Å². The number of hydrogen-bond donors (Lipinski definition) is 4. The van der Waals surface area contributed by atoms with Crippen molar-refractivity contribution in [2.24, 2.45) is 10.2 Å². The number of anilines is 1. The van der Waals surface area contributed by atoms with E-state index < -0.39 is 81.9 Å². The number of azo groups is 1. The third-order valence-corrected chi connectivity index (χ3v) is 6.70. The van der Waals surface area contributed by atoms with Crippen LogP contribution in [0.4, 0.5) is 47.8 Å². The Bertz CT molecular complexity index is 1750. The predicted octanol–water partition coefficient (Wildman–Crippen LogP) is 5.23. The topological polar surface area (TPSA) is 183 Å². The van der Waals surface area contributed by atoms with Crippen LogP contribution in [0.25, 0.3) is 10.8 Å². The highest BCUT2D eigenvalue weighted by atomic mass is 32.2. The molecule has 1 amide bonds. The molecule has 0 heterocycles. The Hall–Kier alpha value is -3.88. The van der Waals surface area contributed by atoms with Crippen molar-refractivity contribution in [1.82, 2.24) is 0 Å². The van der Waals surface area contributed by atoms with E-state index in [1.165, 1.54) is 30.3 Å². The van der Waals surface area contributed by atoms with Crippen molar-refractivity contribution < 1.29 is 66.6 Å². The van der Waals surface area contributed by atoms with Gasteiger partial charge in [0.1, 0.15) is 10.6 Å². The van der Waals surface area contributed by atoms with Gasteiger partial charge in [-0.15, -0.1) is 5.11 Å². The number of carbonyl (C=O) groups is 1. The fraction of sp³-hybridized carbons (Fsp3) is 0.150. The fourth-order valence-electron chi connectivity index (χ4n) is 3.12. The van der Waals surface area contributed by atoms with E-state index in [-0.39, 0.29) is 11.8 Å². The SMILES string of the molecule is O=C(Nc1cc(S(=O)(=O)O)cc2cc(S(=O)(=O)O)c(N=Nc3ccccc3)c(O)c12)C(F)(F)C(F)(F)C(F)(F)F. The second kappa shape index (κ2) is 9.94. The molecule has 0 atom stereocenters. The zero-order chi connectivity index (χ0) is 30.5. The first kappa shape index (κ1) is 30.7. The summed E-state index contributed by atoms with van der Waals surface area (Å²) in [5, 5.41) is 16.8. The van der Waals surface area contributed by atoms with Crippen LogP contribution in [0.15, 0.2) is 68.6 Å². The standard InChI is InChI=1S/C20H12F7N3O8S2/c21-18(22,19(23,24)20(25,26)27)17(32)28-12-8-11(39(33,34)35)6-9-7-13(40(36,37)38)15(16(31)14(9)12)30-29-10-4-2-1-3-5-10/h1-8,31H,(H,28,32)(H,33,34,35)(H,36,37,38). The van der Waals surface area contributed by atoms with Gasteiger partial charge in [0, 0.05) is 5.39 Å². The number of carbonyl (C=O) groups excluding carboxylic acids is 1. The molecule has 0 aromatic heterocycles. The molecule has 216 valence electrons. The first-order valence-electron chi connectivity index (χ1n) is 9.98. The lowest BCUT2D eigenvalue weighted by molar-refractivity contribution is -0.343. The molecule has 40 heavy (non-hydrogen) atoms. The number of phenolic OH excluding ortho intramolecular Hbond substituents is 1. The van der Waals surface area contributed by atoms with Crippen molar-refractivity contribution in [2.45, 2.75) is 27.8 Å². The van der Waals surface area contributed by atoms with Crippen molar-refractivity contribution >= 4 is 54.0 Å². The molecule has 0 saturated carbocycles. The first-order valence-corrected chi connectivity index (χ1v) is 12.9. The molecule has 0 spiro atoms. The highest BCUT2D eigenvalue weighted by Crippen LogP contribution is 2.48. The summed E-state index contributed by atoms with van der Waals surface area (Å²) in [6, 6.07) is 7.90. The quantitative estimate of drug-likeness (QED) is 0.158. The molecule has 0 aliphatic rings.